The topological polar surface area (TPSA) is 476 Å². The minimum Gasteiger partial charge on any atom is -0.491 e. The number of hydrogen-bond donors (Lipinski definition) is 11. The standard InChI is InChI=1S/C87H110FN19O21/c1-55-43-59(88)44-56(2)78(55)128-67-16-13-58(87(3,4)118)46-63(67)65-52-107(10)86(117)77-64(65)49-68(98-77)95-76(112)45-57-11-14-62(15-12-57)127-42-41-126-40-39-125-38-37-124-36-35-123-34-33-122-32-31-121-30-29-120-28-27-119-26-24-89-72(108)19-21-92-83(114)80-99-70(53-105(80)8)97-75(111)20-22-91-82(113)66-47-60(50-103(66)6)93-85(116)81-100-69(54-106(81)9)96-73(109)17-18-74(110)101-71-48-61(51-104(71)7)94-84(115)79-90-23-25-102(79)5/h11-16,23,25,43-44,46-54,98,118H,17-22,24,26-42,45H2,1-10H3,(H,89,108)(H,91,113)(H,92,114)(H,93,116)(H,94,115)(H,95,112)(H,96,109)(H,97,111)(H,101,110). The van der Waals surface area contributed by atoms with Crippen LogP contribution in [0.2, 0.25) is 0 Å². The molecule has 0 saturated heterocycles. The van der Waals surface area contributed by atoms with Gasteiger partial charge < -0.3 is 133 Å². The number of aromatic nitrogens is 10. The molecule has 0 aliphatic carbocycles. The number of fused-ring (bicyclic) bond motifs is 1. The second-order valence-corrected chi connectivity index (χ2v) is 30.1. The molecule has 0 unspecified atom stereocenters. The van der Waals surface area contributed by atoms with E-state index in [-0.39, 0.29) is 128 Å². The molecular weight excluding hydrogens is 1670 g/mol. The number of pyridine rings is 1. The highest BCUT2D eigenvalue weighted by Crippen LogP contribution is 2.41. The zero-order valence-electron chi connectivity index (χ0n) is 73.2. The number of aromatic amines is 1. The maximum absolute atomic E-state index is 14.3. The Kier molecular flexibility index (Phi) is 36.3. The zero-order valence-corrected chi connectivity index (χ0v) is 73.2. The molecule has 686 valence electrons. The van der Waals surface area contributed by atoms with Gasteiger partial charge in [0.2, 0.25) is 41.2 Å². The smallest absolute Gasteiger partial charge is 0.291 e. The third-order valence-electron chi connectivity index (χ3n) is 19.4. The molecule has 0 bridgehead atoms. The minimum absolute atomic E-state index is 0.0118. The first-order chi connectivity index (χ1) is 61.4. The number of H-pyrrole nitrogens is 1. The Hall–Kier alpha value is -13.3. The molecule has 0 aliphatic rings. The quantitative estimate of drug-likeness (QED) is 0.0183. The van der Waals surface area contributed by atoms with Gasteiger partial charge in [0.15, 0.2) is 17.5 Å². The van der Waals surface area contributed by atoms with Gasteiger partial charge in [0.25, 0.3) is 29.2 Å². The summed E-state index contributed by atoms with van der Waals surface area (Å²) in [7, 11) is 9.69. The summed E-state index contributed by atoms with van der Waals surface area (Å²) >= 11 is 0. The van der Waals surface area contributed by atoms with Crippen LogP contribution in [0.5, 0.6) is 17.2 Å². The summed E-state index contributed by atoms with van der Waals surface area (Å²) in [4.78, 5) is 145. The Morgan fingerprint density at radius 1 is 0.461 bits per heavy atom. The second kappa shape index (κ2) is 47.9. The molecule has 41 heteroatoms. The molecule has 128 heavy (non-hydrogen) atoms. The average Bonchev–Trinajstić information content (AvgIpc) is 1.51. The largest absolute Gasteiger partial charge is 0.491 e. The lowest BCUT2D eigenvalue weighted by Gasteiger charge is -2.22. The molecule has 7 aromatic heterocycles. The summed E-state index contributed by atoms with van der Waals surface area (Å²) in [5, 5.41) is 35.7. The first-order valence-corrected chi connectivity index (χ1v) is 41.3. The molecule has 10 aromatic rings. The van der Waals surface area contributed by atoms with E-state index in [9.17, 15) is 57.4 Å². The van der Waals surface area contributed by atoms with Crippen molar-refractivity contribution in [2.24, 2.45) is 42.3 Å². The summed E-state index contributed by atoms with van der Waals surface area (Å²) in [6.07, 6.45) is 10.3. The van der Waals surface area contributed by atoms with Gasteiger partial charge in [-0.2, -0.15) is 0 Å². The summed E-state index contributed by atoms with van der Waals surface area (Å²) in [6.45, 7) is 13.2. The van der Waals surface area contributed by atoms with Crippen LogP contribution >= 0.6 is 0 Å². The van der Waals surface area contributed by atoms with Crippen LogP contribution < -0.4 is 62.9 Å². The number of aliphatic hydroxyl groups is 1. The first kappa shape index (κ1) is 96.9. The van der Waals surface area contributed by atoms with Crippen LogP contribution in [-0.2, 0) is 116 Å². The average molecular weight is 1780 g/mol. The minimum atomic E-state index is -1.21. The van der Waals surface area contributed by atoms with E-state index in [4.69, 9.17) is 47.4 Å². The van der Waals surface area contributed by atoms with Gasteiger partial charge in [-0.15, -0.1) is 0 Å². The predicted octanol–water partition coefficient (Wildman–Crippen LogP) is 6.44. The van der Waals surface area contributed by atoms with Gasteiger partial charge in [-0.3, -0.25) is 47.9 Å². The maximum atomic E-state index is 14.3. The van der Waals surface area contributed by atoms with Crippen LogP contribution in [-0.4, -0.2) is 238 Å². The van der Waals surface area contributed by atoms with E-state index in [1.165, 1.54) is 61.3 Å². The summed E-state index contributed by atoms with van der Waals surface area (Å²) in [6, 6.07) is 19.9. The Labute approximate surface area is 736 Å². The number of imidazole rings is 3. The molecule has 10 rings (SSSR count). The lowest BCUT2D eigenvalue weighted by molar-refractivity contribution is -0.121. The van der Waals surface area contributed by atoms with Gasteiger partial charge in [-0.1, -0.05) is 18.2 Å². The fourth-order valence-electron chi connectivity index (χ4n) is 12.9. The van der Waals surface area contributed by atoms with Gasteiger partial charge in [-0.05, 0) is 98.5 Å². The van der Waals surface area contributed by atoms with Crippen LogP contribution in [0.4, 0.5) is 39.0 Å². The Morgan fingerprint density at radius 2 is 0.969 bits per heavy atom. The van der Waals surface area contributed by atoms with Gasteiger partial charge in [-0.25, -0.2) is 19.3 Å². The number of hydrogen-bond acceptors (Lipinski definition) is 24. The molecule has 11 N–H and O–H groups in total. The fourth-order valence-corrected chi connectivity index (χ4v) is 12.9. The van der Waals surface area contributed by atoms with E-state index in [1.54, 1.807) is 152 Å². The van der Waals surface area contributed by atoms with E-state index in [0.29, 0.717) is 173 Å². The van der Waals surface area contributed by atoms with Gasteiger partial charge in [0.1, 0.15) is 52.5 Å². The van der Waals surface area contributed by atoms with Crippen LogP contribution in [0.25, 0.3) is 22.0 Å². The van der Waals surface area contributed by atoms with Gasteiger partial charge >= 0.3 is 0 Å². The number of carbonyl (C=O) groups is 9. The number of anilines is 6. The molecule has 9 amide bonds. The highest BCUT2D eigenvalue weighted by atomic mass is 19.1. The molecule has 0 saturated carbocycles. The van der Waals surface area contributed by atoms with Crippen LogP contribution in [0.15, 0.2) is 121 Å². The zero-order chi connectivity index (χ0) is 91.8. The third-order valence-corrected chi connectivity index (χ3v) is 19.4. The van der Waals surface area contributed by atoms with Crippen molar-refractivity contribution in [3.05, 3.63) is 178 Å². The molecule has 0 radical (unpaired) electrons. The molecule has 0 atom stereocenters. The van der Waals surface area contributed by atoms with Crippen molar-refractivity contribution in [3.8, 4) is 28.4 Å². The molecule has 0 aliphatic heterocycles. The number of aryl methyl sites for hydroxylation is 8. The van der Waals surface area contributed by atoms with Crippen LogP contribution in [0.3, 0.4) is 0 Å². The van der Waals surface area contributed by atoms with Crippen molar-refractivity contribution >= 4 is 98.7 Å². The maximum Gasteiger partial charge on any atom is 0.291 e. The van der Waals surface area contributed by atoms with Crippen molar-refractivity contribution in [2.45, 2.75) is 65.4 Å². The lowest BCUT2D eigenvalue weighted by Crippen LogP contribution is -2.33. The number of ether oxygens (including phenoxy) is 10. The molecule has 7 heterocycles. The number of rotatable bonds is 53. The molecule has 0 fully saturated rings. The van der Waals surface area contributed by atoms with E-state index >= 15 is 0 Å². The van der Waals surface area contributed by atoms with E-state index < -0.39 is 47.0 Å². The van der Waals surface area contributed by atoms with Crippen molar-refractivity contribution in [2.75, 3.05) is 164 Å². The van der Waals surface area contributed by atoms with E-state index in [0.717, 1.165) is 5.56 Å². The highest BCUT2D eigenvalue weighted by molar-refractivity contribution is 6.05. The van der Waals surface area contributed by atoms with E-state index in [2.05, 4.69) is 67.8 Å². The number of nitrogens with zero attached hydrogens (tertiary/aromatic N) is 9. The predicted molar refractivity (Wildman–Crippen MR) is 469 cm³/mol. The van der Waals surface area contributed by atoms with Crippen molar-refractivity contribution in [1.29, 1.82) is 0 Å². The SMILES string of the molecule is Cc1cc(F)cc(C)c1Oc1ccc(C(C)(C)O)cc1-c1cn(C)c(=O)c2[nH]c(NC(=O)Cc3ccc(OCCOCCOCCOCCOCCOCCOCCOCCOCCNC(=O)CCNC(=O)c4nc(NC(=O)CCNC(=O)c5cc(NC(=O)c6nc(NC(=O)CCC(=O)Nc7cc(NC(=O)c8nccn8C)cn7C)cn6C)cn5C)cn4C)cc3)cc12. The Morgan fingerprint density at radius 3 is 1.53 bits per heavy atom. The summed E-state index contributed by atoms with van der Waals surface area (Å²) in [5.41, 5.74) is 3.27. The fraction of sp³-hybridized carbons (Fsp3) is 0.414. The number of carbonyl (C=O) groups excluding carboxylic acids is 9. The molecular formula is C87H110FN19O21. The van der Waals surface area contributed by atoms with Crippen LogP contribution in [0.1, 0.15) is 104 Å². The highest BCUT2D eigenvalue weighted by Gasteiger charge is 2.26. The van der Waals surface area contributed by atoms with Crippen molar-refractivity contribution in [3.63, 3.8) is 0 Å². The lowest BCUT2D eigenvalue weighted by atomic mass is 9.93. The van der Waals surface area contributed by atoms with Crippen molar-refractivity contribution < 1.29 is 100 Å². The van der Waals surface area contributed by atoms with Crippen molar-refractivity contribution in [1.82, 2.24) is 63.3 Å². The van der Waals surface area contributed by atoms with Gasteiger partial charge in [0, 0.05) is 154 Å². The molecule has 40 nitrogen and oxygen atoms in total. The monoisotopic (exact) mass is 1780 g/mol. The number of amides is 9. The number of halogens is 1. The summed E-state index contributed by atoms with van der Waals surface area (Å²) in [5.74, 6) is -2.23. The molecule has 3 aromatic carbocycles. The first-order valence-electron chi connectivity index (χ1n) is 41.3. The Balaban J connectivity index is 0.472. The van der Waals surface area contributed by atoms with Crippen LogP contribution in [0, 0.1) is 19.7 Å². The van der Waals surface area contributed by atoms with Gasteiger partial charge in [0.05, 0.1) is 129 Å². The summed E-state index contributed by atoms with van der Waals surface area (Å²) < 4.78 is 80.0. The molecule has 0 spiro atoms. The van der Waals surface area contributed by atoms with E-state index in [1.807, 2.05) is 0 Å². The third kappa shape index (κ3) is 29.7. The normalized spacial score (nSPS) is 11.4. The number of benzene rings is 3. The number of nitrogens with one attached hydrogen (secondary N) is 10. The second-order valence-electron chi connectivity index (χ2n) is 30.1. The Bertz CT molecular complexity index is 5520.